The zero-order chi connectivity index (χ0) is 14.0. The summed E-state index contributed by atoms with van der Waals surface area (Å²) in [4.78, 5) is 8.41. The first-order valence-electron chi connectivity index (χ1n) is 6.87. The molecular weight excluding hydrogens is 240 g/mol. The molecule has 2 rings (SSSR count). The van der Waals surface area contributed by atoms with E-state index < -0.39 is 0 Å². The Kier molecular flexibility index (Phi) is 3.94. The summed E-state index contributed by atoms with van der Waals surface area (Å²) in [5, 5.41) is 0. The third-order valence-corrected chi connectivity index (χ3v) is 3.59. The van der Waals surface area contributed by atoms with Crippen molar-refractivity contribution in [3.8, 4) is 5.88 Å². The Morgan fingerprint density at radius 2 is 2.11 bits per heavy atom. The smallest absolute Gasteiger partial charge is 0.240 e. The number of nitrogens with one attached hydrogen (secondary N) is 1. The van der Waals surface area contributed by atoms with Gasteiger partial charge in [0.25, 0.3) is 0 Å². The predicted octanol–water partition coefficient (Wildman–Crippen LogP) is 2.66. The highest BCUT2D eigenvalue weighted by Gasteiger charge is 2.33. The van der Waals surface area contributed by atoms with E-state index in [-0.39, 0.29) is 6.10 Å². The molecule has 1 aromatic rings. The maximum absolute atomic E-state index is 6.04. The number of nitrogens with two attached hydrogens (primary N) is 1. The molecule has 2 atom stereocenters. The third-order valence-electron chi connectivity index (χ3n) is 3.59. The Morgan fingerprint density at radius 3 is 2.74 bits per heavy atom. The molecule has 0 saturated heterocycles. The maximum atomic E-state index is 6.04. The minimum absolute atomic E-state index is 0.221. The number of hydrazine groups is 1. The Labute approximate surface area is 114 Å². The Balaban J connectivity index is 2.10. The lowest BCUT2D eigenvalue weighted by atomic mass is 9.71. The molecule has 0 aromatic carbocycles. The van der Waals surface area contributed by atoms with Crippen LogP contribution in [0.2, 0.25) is 0 Å². The van der Waals surface area contributed by atoms with Crippen LogP contribution in [0.25, 0.3) is 0 Å². The van der Waals surface area contributed by atoms with Gasteiger partial charge in [0.1, 0.15) is 6.10 Å². The number of aromatic nitrogens is 2. The van der Waals surface area contributed by atoms with Crippen molar-refractivity contribution in [2.24, 2.45) is 17.2 Å². The molecule has 0 bridgehead atoms. The molecule has 2 unspecified atom stereocenters. The van der Waals surface area contributed by atoms with Crippen LogP contribution in [0.1, 0.15) is 45.7 Å². The zero-order valence-electron chi connectivity index (χ0n) is 12.2. The topological polar surface area (TPSA) is 73.1 Å². The molecular formula is C14H24N4O. The van der Waals surface area contributed by atoms with Gasteiger partial charge in [-0.05, 0) is 37.5 Å². The normalized spacial score (nSPS) is 25.9. The van der Waals surface area contributed by atoms with Crippen molar-refractivity contribution in [3.63, 3.8) is 0 Å². The second-order valence-corrected chi connectivity index (χ2v) is 6.47. The lowest BCUT2D eigenvalue weighted by Crippen LogP contribution is -2.34. The summed E-state index contributed by atoms with van der Waals surface area (Å²) in [6.07, 6.45) is 3.62. The molecule has 0 amide bonds. The summed E-state index contributed by atoms with van der Waals surface area (Å²) >= 11 is 0. The molecule has 5 nitrogen and oxygen atoms in total. The molecule has 1 aromatic heterocycles. The highest BCUT2D eigenvalue weighted by atomic mass is 16.5. The quantitative estimate of drug-likeness (QED) is 0.648. The standard InChI is InChI=1S/C14H24N4O/c1-9-5-11(8-14(3,4)7-9)19-12-6-10(2)16-13(17-12)18-15/h6,9,11H,5,7-8,15H2,1-4H3,(H,16,17,18). The van der Waals surface area contributed by atoms with Crippen LogP contribution in [0.5, 0.6) is 5.88 Å². The zero-order valence-corrected chi connectivity index (χ0v) is 12.2. The number of ether oxygens (including phenoxy) is 1. The van der Waals surface area contributed by atoms with Crippen LogP contribution < -0.4 is 16.0 Å². The van der Waals surface area contributed by atoms with Gasteiger partial charge >= 0.3 is 0 Å². The summed E-state index contributed by atoms with van der Waals surface area (Å²) < 4.78 is 6.04. The van der Waals surface area contributed by atoms with Crippen molar-refractivity contribution >= 4 is 5.95 Å². The number of anilines is 1. The molecule has 0 radical (unpaired) electrons. The van der Waals surface area contributed by atoms with Gasteiger partial charge in [0, 0.05) is 11.8 Å². The van der Waals surface area contributed by atoms with Gasteiger partial charge in [-0.1, -0.05) is 20.8 Å². The van der Waals surface area contributed by atoms with Crippen LogP contribution in [0.3, 0.4) is 0 Å². The minimum atomic E-state index is 0.221. The highest BCUT2D eigenvalue weighted by molar-refractivity contribution is 5.29. The first kappa shape index (κ1) is 14.1. The summed E-state index contributed by atoms with van der Waals surface area (Å²) in [6, 6.07) is 1.85. The Morgan fingerprint density at radius 1 is 1.37 bits per heavy atom. The van der Waals surface area contributed by atoms with Gasteiger partial charge in [-0.3, -0.25) is 5.43 Å². The van der Waals surface area contributed by atoms with E-state index in [0.717, 1.165) is 18.5 Å². The summed E-state index contributed by atoms with van der Waals surface area (Å²) in [6.45, 7) is 8.80. The van der Waals surface area contributed by atoms with Crippen molar-refractivity contribution in [2.45, 2.75) is 53.1 Å². The van der Waals surface area contributed by atoms with Gasteiger partial charge in [-0.2, -0.15) is 4.98 Å². The molecule has 3 N–H and O–H groups in total. The monoisotopic (exact) mass is 264 g/mol. The molecule has 106 valence electrons. The summed E-state index contributed by atoms with van der Waals surface area (Å²) in [5.41, 5.74) is 3.65. The van der Waals surface area contributed by atoms with E-state index in [0.29, 0.717) is 23.2 Å². The van der Waals surface area contributed by atoms with Crippen LogP contribution in [-0.4, -0.2) is 16.1 Å². The minimum Gasteiger partial charge on any atom is -0.474 e. The Hall–Kier alpha value is -1.36. The number of hydrogen-bond donors (Lipinski definition) is 2. The summed E-state index contributed by atoms with van der Waals surface area (Å²) in [5.74, 6) is 7.05. The van der Waals surface area contributed by atoms with Gasteiger partial charge in [0.2, 0.25) is 11.8 Å². The van der Waals surface area contributed by atoms with Gasteiger partial charge in [0.15, 0.2) is 0 Å². The van der Waals surface area contributed by atoms with Crippen LogP contribution in [0, 0.1) is 18.3 Å². The lowest BCUT2D eigenvalue weighted by Gasteiger charge is -2.38. The first-order chi connectivity index (χ1) is 8.88. The number of nitrogens with zero attached hydrogens (tertiary/aromatic N) is 2. The highest BCUT2D eigenvalue weighted by Crippen LogP contribution is 2.39. The van der Waals surface area contributed by atoms with Crippen molar-refractivity contribution in [2.75, 3.05) is 5.43 Å². The molecule has 1 aliphatic rings. The predicted molar refractivity (Wildman–Crippen MR) is 75.8 cm³/mol. The van der Waals surface area contributed by atoms with Crippen LogP contribution in [0.15, 0.2) is 6.07 Å². The number of hydrogen-bond acceptors (Lipinski definition) is 5. The van der Waals surface area contributed by atoms with Crippen LogP contribution >= 0.6 is 0 Å². The fourth-order valence-corrected chi connectivity index (χ4v) is 3.18. The maximum Gasteiger partial charge on any atom is 0.240 e. The van der Waals surface area contributed by atoms with Gasteiger partial charge in [-0.15, -0.1) is 0 Å². The van der Waals surface area contributed by atoms with Crippen LogP contribution in [0.4, 0.5) is 5.95 Å². The van der Waals surface area contributed by atoms with Gasteiger partial charge in [0.05, 0.1) is 0 Å². The molecule has 1 saturated carbocycles. The molecule has 0 spiro atoms. The largest absolute Gasteiger partial charge is 0.474 e. The van der Waals surface area contributed by atoms with Crippen LogP contribution in [-0.2, 0) is 0 Å². The molecule has 5 heteroatoms. The molecule has 1 heterocycles. The second kappa shape index (κ2) is 5.33. The number of rotatable bonds is 3. The van der Waals surface area contributed by atoms with E-state index in [1.165, 1.54) is 6.42 Å². The van der Waals surface area contributed by atoms with E-state index >= 15 is 0 Å². The lowest BCUT2D eigenvalue weighted by molar-refractivity contribution is 0.0532. The molecule has 0 aliphatic heterocycles. The molecule has 1 aliphatic carbocycles. The van der Waals surface area contributed by atoms with E-state index in [2.05, 4.69) is 36.2 Å². The van der Waals surface area contributed by atoms with E-state index in [4.69, 9.17) is 10.6 Å². The number of nitrogen functional groups attached to an aromatic ring is 1. The van der Waals surface area contributed by atoms with Crippen molar-refractivity contribution < 1.29 is 4.74 Å². The van der Waals surface area contributed by atoms with Gasteiger partial charge < -0.3 is 4.74 Å². The van der Waals surface area contributed by atoms with Crippen molar-refractivity contribution in [1.29, 1.82) is 0 Å². The number of aryl methyl sites for hydroxylation is 1. The SMILES string of the molecule is Cc1cc(OC2CC(C)CC(C)(C)C2)nc(NN)n1. The fourth-order valence-electron chi connectivity index (χ4n) is 3.18. The molecule has 1 fully saturated rings. The van der Waals surface area contributed by atoms with E-state index in [9.17, 15) is 0 Å². The molecule has 19 heavy (non-hydrogen) atoms. The third kappa shape index (κ3) is 3.80. The fraction of sp³-hybridized carbons (Fsp3) is 0.714. The second-order valence-electron chi connectivity index (χ2n) is 6.47. The average Bonchev–Trinajstić information content (AvgIpc) is 2.24. The average molecular weight is 264 g/mol. The van der Waals surface area contributed by atoms with E-state index in [1.807, 2.05) is 13.0 Å². The van der Waals surface area contributed by atoms with E-state index in [1.54, 1.807) is 0 Å². The summed E-state index contributed by atoms with van der Waals surface area (Å²) in [7, 11) is 0. The van der Waals surface area contributed by atoms with Crippen molar-refractivity contribution in [1.82, 2.24) is 9.97 Å². The van der Waals surface area contributed by atoms with Crippen molar-refractivity contribution in [3.05, 3.63) is 11.8 Å². The first-order valence-corrected chi connectivity index (χ1v) is 6.87. The van der Waals surface area contributed by atoms with Gasteiger partial charge in [-0.25, -0.2) is 10.8 Å². The Bertz CT molecular complexity index is 447.